The highest BCUT2D eigenvalue weighted by atomic mass is 19.1. The lowest BCUT2D eigenvalue weighted by atomic mass is 10.2. The molecule has 0 aliphatic carbocycles. The Hall–Kier alpha value is -1.63. The molecule has 0 aromatic carbocycles. The van der Waals surface area contributed by atoms with E-state index in [4.69, 9.17) is 0 Å². The summed E-state index contributed by atoms with van der Waals surface area (Å²) in [5.74, 6) is -0.437. The summed E-state index contributed by atoms with van der Waals surface area (Å²) in [6.45, 7) is 27.7. The Morgan fingerprint density at radius 3 is 0.900 bits per heavy atom. The molecule has 0 aliphatic rings. The standard InChI is InChI=1S/C8H12.C7H9F.2C2H6/c1-7(2)5-6-8(3)4;1-6(2)4-5-7(3)8;2*1-2/h5-6H,1,3H2,2,4H3;4-5H,1,3H2,2H3;2*1-2H3/b6-5-;5-4-;;. The van der Waals surface area contributed by atoms with Gasteiger partial charge in [-0.25, -0.2) is 4.39 Å². The average Bonchev–Trinajstić information content (AvgIpc) is 2.39. The van der Waals surface area contributed by atoms with Crippen molar-refractivity contribution < 1.29 is 4.39 Å². The van der Waals surface area contributed by atoms with Crippen molar-refractivity contribution >= 4 is 0 Å². The van der Waals surface area contributed by atoms with Gasteiger partial charge >= 0.3 is 0 Å². The predicted molar refractivity (Wildman–Crippen MR) is 95.7 cm³/mol. The van der Waals surface area contributed by atoms with Crippen molar-refractivity contribution in [3.05, 3.63) is 73.2 Å². The van der Waals surface area contributed by atoms with E-state index < -0.39 is 5.83 Å². The third-order valence-corrected chi connectivity index (χ3v) is 1.20. The number of rotatable bonds is 4. The summed E-state index contributed by atoms with van der Waals surface area (Å²) < 4.78 is 11.7. The fourth-order valence-corrected chi connectivity index (χ4v) is 0.517. The second-order valence-corrected chi connectivity index (χ2v) is 3.65. The second-order valence-electron chi connectivity index (χ2n) is 3.65. The molecular formula is C19H33F. The summed E-state index contributed by atoms with van der Waals surface area (Å²) in [7, 11) is 0. The molecule has 0 nitrogen and oxygen atoms in total. The maximum absolute atomic E-state index is 11.7. The van der Waals surface area contributed by atoms with E-state index >= 15 is 0 Å². The van der Waals surface area contributed by atoms with Crippen LogP contribution in [0.5, 0.6) is 0 Å². The molecule has 20 heavy (non-hydrogen) atoms. The van der Waals surface area contributed by atoms with Gasteiger partial charge in [0.15, 0.2) is 0 Å². The van der Waals surface area contributed by atoms with Crippen LogP contribution in [0.2, 0.25) is 0 Å². The second kappa shape index (κ2) is 22.5. The summed E-state index contributed by atoms with van der Waals surface area (Å²) >= 11 is 0. The molecule has 0 atom stereocenters. The smallest absolute Gasteiger partial charge is 0.116 e. The molecule has 0 spiro atoms. The van der Waals surface area contributed by atoms with E-state index in [1.165, 1.54) is 6.08 Å². The molecule has 0 saturated heterocycles. The Bertz CT molecular complexity index is 262. The van der Waals surface area contributed by atoms with Gasteiger partial charge in [0.1, 0.15) is 5.83 Å². The van der Waals surface area contributed by atoms with Crippen molar-refractivity contribution in [3.8, 4) is 0 Å². The third-order valence-electron chi connectivity index (χ3n) is 1.20. The van der Waals surface area contributed by atoms with E-state index in [2.05, 4.69) is 26.3 Å². The zero-order valence-electron chi connectivity index (χ0n) is 14.5. The van der Waals surface area contributed by atoms with Crippen LogP contribution in [0.25, 0.3) is 0 Å². The van der Waals surface area contributed by atoms with Gasteiger partial charge in [-0.2, -0.15) is 0 Å². The predicted octanol–water partition coefficient (Wildman–Crippen LogP) is 7.35. The van der Waals surface area contributed by atoms with Crippen LogP contribution >= 0.6 is 0 Å². The van der Waals surface area contributed by atoms with Gasteiger partial charge in [-0.1, -0.05) is 89.0 Å². The quantitative estimate of drug-likeness (QED) is 0.472. The number of hydrogen-bond acceptors (Lipinski definition) is 0. The molecule has 1 heteroatoms. The highest BCUT2D eigenvalue weighted by Crippen LogP contribution is 1.96. The first-order valence-electron chi connectivity index (χ1n) is 6.92. The van der Waals surface area contributed by atoms with E-state index in [0.29, 0.717) is 0 Å². The van der Waals surface area contributed by atoms with Crippen molar-refractivity contribution in [1.82, 2.24) is 0 Å². The number of allylic oxidation sites excluding steroid dienone is 8. The van der Waals surface area contributed by atoms with Gasteiger partial charge in [-0.15, -0.1) is 0 Å². The van der Waals surface area contributed by atoms with E-state index in [0.717, 1.165) is 16.7 Å². The molecule has 0 amide bonds. The molecule has 0 fully saturated rings. The van der Waals surface area contributed by atoms with Crippen LogP contribution in [0.15, 0.2) is 73.2 Å². The Kier molecular flexibility index (Phi) is 30.3. The molecule has 0 aromatic heterocycles. The van der Waals surface area contributed by atoms with Crippen LogP contribution < -0.4 is 0 Å². The topological polar surface area (TPSA) is 0 Å². The van der Waals surface area contributed by atoms with Crippen molar-refractivity contribution in [3.63, 3.8) is 0 Å². The number of halogens is 1. The van der Waals surface area contributed by atoms with Crippen molar-refractivity contribution in [1.29, 1.82) is 0 Å². The first kappa shape index (κ1) is 26.8. The highest BCUT2D eigenvalue weighted by molar-refractivity contribution is 5.21. The van der Waals surface area contributed by atoms with Crippen LogP contribution in [-0.4, -0.2) is 0 Å². The first-order chi connectivity index (χ1) is 9.25. The molecule has 0 bridgehead atoms. The fourth-order valence-electron chi connectivity index (χ4n) is 0.517. The summed E-state index contributed by atoms with van der Waals surface area (Å²) in [4.78, 5) is 0. The zero-order valence-corrected chi connectivity index (χ0v) is 14.5. The summed E-state index contributed by atoms with van der Waals surface area (Å²) in [6.07, 6.45) is 6.75. The van der Waals surface area contributed by atoms with E-state index in [1.807, 2.05) is 53.7 Å². The Balaban J connectivity index is -0.000000102. The molecule has 0 rings (SSSR count). The average molecular weight is 280 g/mol. The molecule has 0 radical (unpaired) electrons. The Morgan fingerprint density at radius 1 is 0.600 bits per heavy atom. The van der Waals surface area contributed by atoms with Gasteiger partial charge in [0.25, 0.3) is 0 Å². The van der Waals surface area contributed by atoms with Crippen LogP contribution in [0.1, 0.15) is 48.5 Å². The van der Waals surface area contributed by atoms with Crippen LogP contribution in [0, 0.1) is 0 Å². The Labute approximate surface area is 126 Å². The van der Waals surface area contributed by atoms with E-state index in [-0.39, 0.29) is 0 Å². The molecule has 0 unspecified atom stereocenters. The fraction of sp³-hybridized carbons (Fsp3) is 0.368. The van der Waals surface area contributed by atoms with Crippen molar-refractivity contribution in [2.24, 2.45) is 0 Å². The minimum atomic E-state index is -0.437. The Morgan fingerprint density at radius 2 is 0.800 bits per heavy atom. The molecule has 0 aromatic rings. The largest absolute Gasteiger partial charge is 0.208 e. The molecule has 0 aliphatic heterocycles. The van der Waals surface area contributed by atoms with Crippen LogP contribution in [0.4, 0.5) is 4.39 Å². The van der Waals surface area contributed by atoms with Crippen LogP contribution in [-0.2, 0) is 0 Å². The van der Waals surface area contributed by atoms with Gasteiger partial charge in [0.2, 0.25) is 0 Å². The lowest BCUT2D eigenvalue weighted by Crippen LogP contribution is -1.62. The van der Waals surface area contributed by atoms with E-state index in [1.54, 1.807) is 13.0 Å². The van der Waals surface area contributed by atoms with Gasteiger partial charge in [-0.05, 0) is 26.8 Å². The molecule has 0 N–H and O–H groups in total. The normalized spacial score (nSPS) is 8.40. The molecule has 116 valence electrons. The summed E-state index contributed by atoms with van der Waals surface area (Å²) in [6, 6.07) is 0. The number of hydrogen-bond donors (Lipinski definition) is 0. The van der Waals surface area contributed by atoms with Crippen molar-refractivity contribution in [2.75, 3.05) is 0 Å². The minimum Gasteiger partial charge on any atom is -0.208 e. The monoisotopic (exact) mass is 280 g/mol. The van der Waals surface area contributed by atoms with Gasteiger partial charge in [0, 0.05) is 0 Å². The minimum absolute atomic E-state index is 0.437. The SMILES string of the molecule is C=C(C)/C=C\C(=C)C.C=C(C)/C=C\C(=C)F.CC.CC. The molecule has 0 heterocycles. The maximum Gasteiger partial charge on any atom is 0.116 e. The summed E-state index contributed by atoms with van der Waals surface area (Å²) in [5, 5.41) is 0. The first-order valence-corrected chi connectivity index (χ1v) is 6.92. The lowest BCUT2D eigenvalue weighted by molar-refractivity contribution is 0.671. The van der Waals surface area contributed by atoms with Gasteiger partial charge in [-0.3, -0.25) is 0 Å². The van der Waals surface area contributed by atoms with Crippen molar-refractivity contribution in [2.45, 2.75) is 48.5 Å². The summed E-state index contributed by atoms with van der Waals surface area (Å²) in [5.41, 5.74) is 2.95. The molecular weight excluding hydrogens is 247 g/mol. The van der Waals surface area contributed by atoms with Gasteiger partial charge < -0.3 is 0 Å². The van der Waals surface area contributed by atoms with Crippen LogP contribution in [0.3, 0.4) is 0 Å². The van der Waals surface area contributed by atoms with E-state index in [9.17, 15) is 4.39 Å². The zero-order chi connectivity index (χ0) is 17.1. The lowest BCUT2D eigenvalue weighted by Gasteiger charge is -1.84. The van der Waals surface area contributed by atoms with Gasteiger partial charge in [0.05, 0.1) is 0 Å². The highest BCUT2D eigenvalue weighted by Gasteiger charge is 1.76. The third kappa shape index (κ3) is 55.2. The maximum atomic E-state index is 11.7. The molecule has 0 saturated carbocycles.